The Hall–Kier alpha value is -1.75. The Kier molecular flexibility index (Phi) is 6.43. The van der Waals surface area contributed by atoms with Crippen LogP contribution in [0.25, 0.3) is 0 Å². The van der Waals surface area contributed by atoms with E-state index in [0.717, 1.165) is 64.2 Å². The summed E-state index contributed by atoms with van der Waals surface area (Å²) in [4.78, 5) is 39.3. The Labute approximate surface area is 252 Å². The number of rotatable bonds is 7. The Morgan fingerprint density at radius 2 is 1.26 bits per heavy atom. The van der Waals surface area contributed by atoms with E-state index in [-0.39, 0.29) is 44.1 Å². The summed E-state index contributed by atoms with van der Waals surface area (Å²) in [7, 11) is 0. The number of hydrogen-bond acceptors (Lipinski definition) is 9. The fraction of sp³-hybridized carbons (Fsp3) is 0.909. The molecule has 0 radical (unpaired) electrons. The van der Waals surface area contributed by atoms with Crippen LogP contribution in [0.3, 0.4) is 0 Å². The second kappa shape index (κ2) is 9.63. The first-order valence-corrected chi connectivity index (χ1v) is 16.7. The molecule has 6 unspecified atom stereocenters. The van der Waals surface area contributed by atoms with Gasteiger partial charge in [-0.25, -0.2) is 0 Å². The summed E-state index contributed by atoms with van der Waals surface area (Å²) < 4.78 is 24.7. The summed E-state index contributed by atoms with van der Waals surface area (Å²) in [5.41, 5.74) is -3.00. The summed E-state index contributed by atoms with van der Waals surface area (Å²) in [6.45, 7) is 0.299. The van der Waals surface area contributed by atoms with Gasteiger partial charge in [-0.3, -0.25) is 14.4 Å². The third-order valence-electron chi connectivity index (χ3n) is 13.0. The first-order valence-electron chi connectivity index (χ1n) is 16.7. The van der Waals surface area contributed by atoms with Gasteiger partial charge in [0.1, 0.15) is 12.7 Å². The summed E-state index contributed by atoms with van der Waals surface area (Å²) in [6, 6.07) is 0. The molecule has 10 fully saturated rings. The molecule has 0 aromatic carbocycles. The lowest BCUT2D eigenvalue weighted by Crippen LogP contribution is -2.59. The second-order valence-electron chi connectivity index (χ2n) is 16.5. The fourth-order valence-electron chi connectivity index (χ4n) is 12.0. The van der Waals surface area contributed by atoms with Crippen LogP contribution in [-0.2, 0) is 33.3 Å². The van der Waals surface area contributed by atoms with E-state index in [2.05, 4.69) is 0 Å². The molecule has 1 aliphatic heterocycles. The van der Waals surface area contributed by atoms with Crippen molar-refractivity contribution < 1.29 is 48.7 Å². The molecule has 1 heterocycles. The van der Waals surface area contributed by atoms with Crippen LogP contribution in [-0.4, -0.2) is 76.1 Å². The van der Waals surface area contributed by atoms with Crippen LogP contribution in [0.15, 0.2) is 0 Å². The number of hydrogen-bond donors (Lipinski definition) is 3. The van der Waals surface area contributed by atoms with E-state index in [1.165, 1.54) is 0 Å². The number of aliphatic hydroxyl groups is 2. The standard InChI is InChI=1S/C33H46O10/c34-26(35)23-1-2-33(13-23)41-14-24(15-42-33)25(43-28(37)30-7-21-4-22(8-30)12-32(39,11-21)18-30)16-40-27(36)29-5-19-3-20(6-29)10-31(38,9-19)17-29/h19-25,38-39H,1-18H2,(H,34,35). The molecular weight excluding hydrogens is 556 g/mol. The van der Waals surface area contributed by atoms with Crippen LogP contribution >= 0.6 is 0 Å². The molecule has 1 saturated heterocycles. The lowest BCUT2D eigenvalue weighted by atomic mass is 9.48. The SMILES string of the molecule is O=C(O)C1CCC2(C1)OCC(C(COC(=O)C13CC4CC(CC(O)(C4)C1)C3)OC(=O)C13CC4CC(CC(O)(C4)C1)C3)CO2. The number of aliphatic carboxylic acids is 1. The predicted octanol–water partition coefficient (Wildman–Crippen LogP) is 3.35. The minimum absolute atomic E-state index is 0.116. The molecule has 8 bridgehead atoms. The van der Waals surface area contributed by atoms with Crippen molar-refractivity contribution in [2.75, 3.05) is 19.8 Å². The van der Waals surface area contributed by atoms with Gasteiger partial charge in [0.25, 0.3) is 0 Å². The number of carboxylic acid groups (broad SMARTS) is 1. The van der Waals surface area contributed by atoms with Crippen LogP contribution < -0.4 is 0 Å². The van der Waals surface area contributed by atoms with Crippen molar-refractivity contribution in [3.63, 3.8) is 0 Å². The van der Waals surface area contributed by atoms with Crippen molar-refractivity contribution in [2.45, 2.75) is 119 Å². The number of esters is 2. The number of carbonyl (C=O) groups is 3. The van der Waals surface area contributed by atoms with E-state index in [1.54, 1.807) is 0 Å². The average Bonchev–Trinajstić information content (AvgIpc) is 3.32. The largest absolute Gasteiger partial charge is 0.481 e. The van der Waals surface area contributed by atoms with Crippen LogP contribution in [0.4, 0.5) is 0 Å². The molecule has 3 N–H and O–H groups in total. The van der Waals surface area contributed by atoms with Gasteiger partial charge in [-0.2, -0.15) is 0 Å². The predicted molar refractivity (Wildman–Crippen MR) is 148 cm³/mol. The molecule has 6 atom stereocenters. The Morgan fingerprint density at radius 1 is 0.744 bits per heavy atom. The van der Waals surface area contributed by atoms with Crippen molar-refractivity contribution in [2.24, 2.45) is 46.3 Å². The normalized spacial score (nSPS) is 51.5. The first-order chi connectivity index (χ1) is 20.4. The van der Waals surface area contributed by atoms with Crippen molar-refractivity contribution in [1.82, 2.24) is 0 Å². The monoisotopic (exact) mass is 602 g/mol. The lowest BCUT2D eigenvalue weighted by molar-refractivity contribution is -0.291. The highest BCUT2D eigenvalue weighted by Gasteiger charge is 2.63. The van der Waals surface area contributed by atoms with Crippen LogP contribution in [0.5, 0.6) is 0 Å². The smallest absolute Gasteiger partial charge is 0.312 e. The Morgan fingerprint density at radius 3 is 1.72 bits per heavy atom. The molecule has 10 heteroatoms. The zero-order valence-electron chi connectivity index (χ0n) is 25.0. The molecule has 0 aromatic heterocycles. The van der Waals surface area contributed by atoms with Gasteiger partial charge >= 0.3 is 17.9 Å². The second-order valence-corrected chi connectivity index (χ2v) is 16.5. The summed E-state index contributed by atoms with van der Waals surface area (Å²) in [5, 5.41) is 31.9. The topological polar surface area (TPSA) is 149 Å². The van der Waals surface area contributed by atoms with Crippen molar-refractivity contribution in [1.29, 1.82) is 0 Å². The maximum Gasteiger partial charge on any atom is 0.312 e. The van der Waals surface area contributed by atoms with Gasteiger partial charge in [0.15, 0.2) is 5.79 Å². The summed E-state index contributed by atoms with van der Waals surface area (Å²) in [5.74, 6) is -1.99. The van der Waals surface area contributed by atoms with E-state index in [1.807, 2.05) is 0 Å². The van der Waals surface area contributed by atoms with Crippen molar-refractivity contribution in [3.8, 4) is 0 Å². The van der Waals surface area contributed by atoms with E-state index in [0.29, 0.717) is 49.4 Å². The van der Waals surface area contributed by atoms with Gasteiger partial charge in [-0.05, 0) is 107 Å². The summed E-state index contributed by atoms with van der Waals surface area (Å²) in [6.07, 6.45) is 9.39. The van der Waals surface area contributed by atoms with Gasteiger partial charge in [0, 0.05) is 18.8 Å². The minimum Gasteiger partial charge on any atom is -0.481 e. The van der Waals surface area contributed by atoms with E-state index < -0.39 is 45.8 Å². The Bertz CT molecular complexity index is 1160. The molecule has 238 valence electrons. The minimum atomic E-state index is -0.942. The molecule has 9 aliphatic carbocycles. The maximum atomic E-state index is 14.0. The zero-order chi connectivity index (χ0) is 29.8. The highest BCUT2D eigenvalue weighted by Crippen LogP contribution is 2.63. The molecule has 0 aromatic rings. The number of carboxylic acids is 1. The third kappa shape index (κ3) is 4.84. The molecular formula is C33H46O10. The average molecular weight is 603 g/mol. The highest BCUT2D eigenvalue weighted by atomic mass is 16.7. The molecule has 10 rings (SSSR count). The van der Waals surface area contributed by atoms with Crippen molar-refractivity contribution >= 4 is 17.9 Å². The molecule has 9 saturated carbocycles. The highest BCUT2D eigenvalue weighted by molar-refractivity contribution is 5.79. The maximum absolute atomic E-state index is 14.0. The Balaban J connectivity index is 0.986. The first kappa shape index (κ1) is 28.7. The number of ether oxygens (including phenoxy) is 4. The third-order valence-corrected chi connectivity index (χ3v) is 13.0. The van der Waals surface area contributed by atoms with E-state index in [9.17, 15) is 29.7 Å². The lowest BCUT2D eigenvalue weighted by Gasteiger charge is -2.59. The zero-order valence-corrected chi connectivity index (χ0v) is 25.0. The molecule has 10 nitrogen and oxygen atoms in total. The fourth-order valence-corrected chi connectivity index (χ4v) is 12.0. The molecule has 0 amide bonds. The van der Waals surface area contributed by atoms with Crippen LogP contribution in [0, 0.1) is 46.3 Å². The number of carbonyl (C=O) groups excluding carboxylic acids is 2. The van der Waals surface area contributed by atoms with E-state index >= 15 is 0 Å². The van der Waals surface area contributed by atoms with Crippen LogP contribution in [0.1, 0.15) is 96.3 Å². The quantitative estimate of drug-likeness (QED) is 0.371. The van der Waals surface area contributed by atoms with Gasteiger partial charge < -0.3 is 34.3 Å². The van der Waals surface area contributed by atoms with E-state index in [4.69, 9.17) is 18.9 Å². The van der Waals surface area contributed by atoms with Gasteiger partial charge in [0.2, 0.25) is 0 Å². The van der Waals surface area contributed by atoms with Gasteiger partial charge in [-0.15, -0.1) is 0 Å². The molecule has 1 spiro atoms. The molecule has 43 heavy (non-hydrogen) atoms. The summed E-state index contributed by atoms with van der Waals surface area (Å²) >= 11 is 0. The van der Waals surface area contributed by atoms with Crippen molar-refractivity contribution in [3.05, 3.63) is 0 Å². The van der Waals surface area contributed by atoms with Crippen LogP contribution in [0.2, 0.25) is 0 Å². The molecule has 10 aliphatic rings. The van der Waals surface area contributed by atoms with Gasteiger partial charge in [0.05, 0.1) is 41.2 Å². The van der Waals surface area contributed by atoms with Gasteiger partial charge in [-0.1, -0.05) is 0 Å².